The van der Waals surface area contributed by atoms with E-state index in [0.29, 0.717) is 12.8 Å². The second-order valence-electron chi connectivity index (χ2n) is 4.37. The maximum atomic E-state index is 11.8. The number of carboxylic acids is 1. The summed E-state index contributed by atoms with van der Waals surface area (Å²) in [6, 6.07) is 7.39. The highest BCUT2D eigenvalue weighted by atomic mass is 16.4. The number of hydrogen-bond acceptors (Lipinski definition) is 2. The van der Waals surface area contributed by atoms with E-state index in [0.717, 1.165) is 11.1 Å². The second-order valence-corrected chi connectivity index (χ2v) is 4.37. The van der Waals surface area contributed by atoms with Gasteiger partial charge in [0.2, 0.25) is 5.91 Å². The highest BCUT2D eigenvalue weighted by Crippen LogP contribution is 2.08. The molecule has 18 heavy (non-hydrogen) atoms. The van der Waals surface area contributed by atoms with Crippen molar-refractivity contribution in [1.29, 1.82) is 0 Å². The van der Waals surface area contributed by atoms with Crippen molar-refractivity contribution in [2.24, 2.45) is 0 Å². The lowest BCUT2D eigenvalue weighted by atomic mass is 10.0. The van der Waals surface area contributed by atoms with Crippen LogP contribution in [0.3, 0.4) is 0 Å². The van der Waals surface area contributed by atoms with Gasteiger partial charge in [-0.1, -0.05) is 31.2 Å². The van der Waals surface area contributed by atoms with Crippen LogP contribution in [-0.2, 0) is 16.0 Å². The van der Waals surface area contributed by atoms with Gasteiger partial charge in [0.25, 0.3) is 0 Å². The van der Waals surface area contributed by atoms with Crippen LogP contribution in [0, 0.1) is 6.92 Å². The Labute approximate surface area is 107 Å². The number of benzene rings is 1. The summed E-state index contributed by atoms with van der Waals surface area (Å²) in [4.78, 5) is 22.4. The molecule has 0 aliphatic heterocycles. The Morgan fingerprint density at radius 3 is 2.56 bits per heavy atom. The Morgan fingerprint density at radius 1 is 1.33 bits per heavy atom. The summed E-state index contributed by atoms with van der Waals surface area (Å²) in [6.45, 7) is 3.82. The molecule has 0 heterocycles. The molecule has 1 amide bonds. The van der Waals surface area contributed by atoms with Crippen LogP contribution in [0.15, 0.2) is 24.3 Å². The van der Waals surface area contributed by atoms with Crippen LogP contribution in [-0.4, -0.2) is 23.0 Å². The second kappa shape index (κ2) is 6.79. The Bertz CT molecular complexity index is 429. The van der Waals surface area contributed by atoms with Crippen molar-refractivity contribution in [3.05, 3.63) is 35.4 Å². The van der Waals surface area contributed by atoms with Gasteiger partial charge < -0.3 is 10.4 Å². The zero-order chi connectivity index (χ0) is 13.5. The summed E-state index contributed by atoms with van der Waals surface area (Å²) < 4.78 is 0. The van der Waals surface area contributed by atoms with E-state index in [4.69, 9.17) is 5.11 Å². The van der Waals surface area contributed by atoms with Crippen LogP contribution in [0.25, 0.3) is 0 Å². The molecule has 0 aliphatic carbocycles. The molecular formula is C14H19NO3. The molecule has 0 aromatic heterocycles. The molecule has 4 nitrogen and oxygen atoms in total. The molecule has 1 unspecified atom stereocenters. The lowest BCUT2D eigenvalue weighted by Crippen LogP contribution is -2.37. The fourth-order valence-corrected chi connectivity index (χ4v) is 1.77. The fraction of sp³-hybridized carbons (Fsp3) is 0.429. The van der Waals surface area contributed by atoms with E-state index in [2.05, 4.69) is 5.32 Å². The largest absolute Gasteiger partial charge is 0.481 e. The normalized spacial score (nSPS) is 11.9. The molecule has 1 aromatic carbocycles. The Kier molecular flexibility index (Phi) is 5.36. The zero-order valence-electron chi connectivity index (χ0n) is 10.8. The first-order chi connectivity index (χ1) is 8.52. The summed E-state index contributed by atoms with van der Waals surface area (Å²) in [5.41, 5.74) is 2.04. The number of rotatable bonds is 6. The summed E-state index contributed by atoms with van der Waals surface area (Å²) in [5.74, 6) is -1.02. The molecule has 0 saturated carbocycles. The van der Waals surface area contributed by atoms with E-state index in [1.54, 1.807) is 0 Å². The van der Waals surface area contributed by atoms with Gasteiger partial charge in [0, 0.05) is 6.04 Å². The first-order valence-corrected chi connectivity index (χ1v) is 6.08. The standard InChI is InChI=1S/C14H19NO3/c1-3-12(9-14(17)18)15-13(16)8-11-7-5-4-6-10(11)2/h4-7,12H,3,8-9H2,1-2H3,(H,15,16)(H,17,18). The first-order valence-electron chi connectivity index (χ1n) is 6.08. The van der Waals surface area contributed by atoms with E-state index in [1.165, 1.54) is 0 Å². The minimum Gasteiger partial charge on any atom is -0.481 e. The minimum atomic E-state index is -0.891. The number of aliphatic carboxylic acids is 1. The van der Waals surface area contributed by atoms with Gasteiger partial charge >= 0.3 is 5.97 Å². The molecule has 1 atom stereocenters. The van der Waals surface area contributed by atoms with Gasteiger partial charge in [0.15, 0.2) is 0 Å². The fourth-order valence-electron chi connectivity index (χ4n) is 1.77. The van der Waals surface area contributed by atoms with Crippen molar-refractivity contribution in [2.75, 3.05) is 0 Å². The van der Waals surface area contributed by atoms with Crippen LogP contribution >= 0.6 is 0 Å². The Hall–Kier alpha value is -1.84. The third-order valence-electron chi connectivity index (χ3n) is 2.89. The quantitative estimate of drug-likeness (QED) is 0.809. The number of aryl methyl sites for hydroxylation is 1. The van der Waals surface area contributed by atoms with Crippen molar-refractivity contribution in [3.63, 3.8) is 0 Å². The maximum Gasteiger partial charge on any atom is 0.305 e. The molecule has 4 heteroatoms. The van der Waals surface area contributed by atoms with Crippen molar-refractivity contribution in [3.8, 4) is 0 Å². The van der Waals surface area contributed by atoms with E-state index in [9.17, 15) is 9.59 Å². The lowest BCUT2D eigenvalue weighted by Gasteiger charge is -2.15. The Balaban J connectivity index is 2.55. The summed E-state index contributed by atoms with van der Waals surface area (Å²) >= 11 is 0. The molecule has 0 spiro atoms. The molecule has 1 aromatic rings. The molecule has 0 aliphatic rings. The summed E-state index contributed by atoms with van der Waals surface area (Å²) in [5, 5.41) is 11.5. The smallest absolute Gasteiger partial charge is 0.305 e. The molecule has 0 bridgehead atoms. The van der Waals surface area contributed by atoms with E-state index < -0.39 is 5.97 Å². The van der Waals surface area contributed by atoms with Gasteiger partial charge in [-0.05, 0) is 24.5 Å². The predicted octanol–water partition coefficient (Wildman–Crippen LogP) is 1.91. The van der Waals surface area contributed by atoms with Crippen LogP contribution in [0.4, 0.5) is 0 Å². The molecule has 1 rings (SSSR count). The lowest BCUT2D eigenvalue weighted by molar-refractivity contribution is -0.137. The average molecular weight is 249 g/mol. The highest BCUT2D eigenvalue weighted by Gasteiger charge is 2.14. The molecule has 0 fully saturated rings. The minimum absolute atomic E-state index is 0.0317. The SMILES string of the molecule is CCC(CC(=O)O)NC(=O)Cc1ccccc1C. The van der Waals surface area contributed by atoms with Gasteiger partial charge in [-0.2, -0.15) is 0 Å². The van der Waals surface area contributed by atoms with Crippen LogP contribution in [0.2, 0.25) is 0 Å². The monoisotopic (exact) mass is 249 g/mol. The number of nitrogens with one attached hydrogen (secondary N) is 1. The number of carboxylic acid groups (broad SMARTS) is 1. The van der Waals surface area contributed by atoms with Gasteiger partial charge in [-0.15, -0.1) is 0 Å². The molecule has 0 saturated heterocycles. The van der Waals surface area contributed by atoms with Gasteiger partial charge in [0.1, 0.15) is 0 Å². The number of carbonyl (C=O) groups excluding carboxylic acids is 1. The van der Waals surface area contributed by atoms with Gasteiger partial charge in [-0.25, -0.2) is 0 Å². The van der Waals surface area contributed by atoms with Gasteiger partial charge in [0.05, 0.1) is 12.8 Å². The topological polar surface area (TPSA) is 66.4 Å². The molecule has 0 radical (unpaired) electrons. The van der Waals surface area contributed by atoms with Crippen molar-refractivity contribution in [1.82, 2.24) is 5.32 Å². The first kappa shape index (κ1) is 14.2. The number of hydrogen-bond donors (Lipinski definition) is 2. The van der Waals surface area contributed by atoms with Crippen LogP contribution in [0.5, 0.6) is 0 Å². The molecular weight excluding hydrogens is 230 g/mol. The predicted molar refractivity (Wildman–Crippen MR) is 69.4 cm³/mol. The van der Waals surface area contributed by atoms with E-state index >= 15 is 0 Å². The maximum absolute atomic E-state index is 11.8. The number of amides is 1. The average Bonchev–Trinajstić information content (AvgIpc) is 2.30. The third-order valence-corrected chi connectivity index (χ3v) is 2.89. The molecule has 98 valence electrons. The highest BCUT2D eigenvalue weighted by molar-refractivity contribution is 5.80. The van der Waals surface area contributed by atoms with Crippen molar-refractivity contribution >= 4 is 11.9 Å². The van der Waals surface area contributed by atoms with E-state index in [1.807, 2.05) is 38.1 Å². The van der Waals surface area contributed by atoms with Crippen LogP contribution in [0.1, 0.15) is 30.9 Å². The van der Waals surface area contributed by atoms with Crippen molar-refractivity contribution < 1.29 is 14.7 Å². The summed E-state index contributed by atoms with van der Waals surface area (Å²) in [6.07, 6.45) is 0.880. The van der Waals surface area contributed by atoms with Crippen LogP contribution < -0.4 is 5.32 Å². The Morgan fingerprint density at radius 2 is 2.00 bits per heavy atom. The molecule has 2 N–H and O–H groups in total. The zero-order valence-corrected chi connectivity index (χ0v) is 10.8. The van der Waals surface area contributed by atoms with E-state index in [-0.39, 0.29) is 18.4 Å². The van der Waals surface area contributed by atoms with Crippen molar-refractivity contribution in [2.45, 2.75) is 39.2 Å². The van der Waals surface area contributed by atoms with Gasteiger partial charge in [-0.3, -0.25) is 9.59 Å². The number of carbonyl (C=O) groups is 2. The summed E-state index contributed by atoms with van der Waals surface area (Å²) in [7, 11) is 0. The third kappa shape index (κ3) is 4.57.